The lowest BCUT2D eigenvalue weighted by Crippen LogP contribution is -2.56. The molecule has 1 aliphatic rings. The van der Waals surface area contributed by atoms with Crippen molar-refractivity contribution >= 4 is 37.5 Å². The highest BCUT2D eigenvalue weighted by molar-refractivity contribution is 9.10. The van der Waals surface area contributed by atoms with Crippen LogP contribution >= 0.6 is 27.3 Å². The first-order chi connectivity index (χ1) is 21.3. The number of rotatable bonds is 6. The summed E-state index contributed by atoms with van der Waals surface area (Å²) in [5.41, 5.74) is -0.407. The Morgan fingerprint density at radius 1 is 1.16 bits per heavy atom. The molecule has 5 heterocycles. The van der Waals surface area contributed by atoms with Crippen LogP contribution in [0.4, 0.5) is 22.0 Å². The van der Waals surface area contributed by atoms with E-state index in [4.69, 9.17) is 9.47 Å². The summed E-state index contributed by atoms with van der Waals surface area (Å²) in [4.78, 5) is 11.7. The molecule has 2 N–H and O–H groups in total. The largest absolute Gasteiger partial charge is 0.435 e. The molecular formula is C27H23BrF5N7O4S. The van der Waals surface area contributed by atoms with Gasteiger partial charge < -0.3 is 19.7 Å². The zero-order valence-electron chi connectivity index (χ0n) is 23.4. The quantitative estimate of drug-likeness (QED) is 0.235. The number of hydrogen-bond acceptors (Lipinski definition) is 10. The summed E-state index contributed by atoms with van der Waals surface area (Å²) in [5, 5.41) is 30.9. The molecule has 0 aliphatic carbocycles. The molecule has 6 rings (SSSR count). The van der Waals surface area contributed by atoms with E-state index >= 15 is 4.39 Å². The van der Waals surface area contributed by atoms with Gasteiger partial charge in [0.15, 0.2) is 23.2 Å². The number of aliphatic hydroxyl groups excluding tert-OH is 2. The molecule has 0 spiro atoms. The van der Waals surface area contributed by atoms with Crippen molar-refractivity contribution in [2.75, 3.05) is 7.11 Å². The van der Waals surface area contributed by atoms with Crippen LogP contribution in [0.2, 0.25) is 0 Å². The zero-order chi connectivity index (χ0) is 32.4. The van der Waals surface area contributed by atoms with Crippen LogP contribution in [-0.4, -0.2) is 76.3 Å². The van der Waals surface area contributed by atoms with E-state index in [2.05, 4.69) is 41.1 Å². The van der Waals surface area contributed by atoms with Crippen LogP contribution in [0.25, 0.3) is 27.0 Å². The maximum absolute atomic E-state index is 15.1. The van der Waals surface area contributed by atoms with Crippen molar-refractivity contribution in [3.8, 4) is 16.8 Å². The third-order valence-corrected chi connectivity index (χ3v) is 8.63. The predicted octanol–water partition coefficient (Wildman–Crippen LogP) is 4.94. The highest BCUT2D eigenvalue weighted by Gasteiger charge is 2.51. The second-order valence-corrected chi connectivity index (χ2v) is 12.2. The van der Waals surface area contributed by atoms with E-state index < -0.39 is 65.8 Å². The van der Waals surface area contributed by atoms with Gasteiger partial charge in [-0.2, -0.15) is 23.4 Å². The molecule has 1 aromatic carbocycles. The topological polar surface area (TPSA) is 133 Å². The van der Waals surface area contributed by atoms with E-state index in [0.717, 1.165) is 28.3 Å². The third-order valence-electron chi connectivity index (χ3n) is 7.42. The van der Waals surface area contributed by atoms with E-state index in [0.29, 0.717) is 4.70 Å². The Bertz CT molecular complexity index is 1880. The van der Waals surface area contributed by atoms with E-state index in [-0.39, 0.29) is 32.8 Å². The molecule has 18 heteroatoms. The summed E-state index contributed by atoms with van der Waals surface area (Å²) in [6, 6.07) is 1.42. The first-order valence-corrected chi connectivity index (χ1v) is 14.9. The van der Waals surface area contributed by atoms with Gasteiger partial charge in [-0.3, -0.25) is 4.68 Å². The van der Waals surface area contributed by atoms with Crippen LogP contribution in [0.1, 0.15) is 36.4 Å². The van der Waals surface area contributed by atoms with Crippen LogP contribution < -0.4 is 0 Å². The Morgan fingerprint density at radius 2 is 1.91 bits per heavy atom. The molecule has 0 amide bonds. The number of nitrogens with zero attached hydrogens (tertiary/aromatic N) is 7. The van der Waals surface area contributed by atoms with Gasteiger partial charge in [0.1, 0.15) is 41.8 Å². The average Bonchev–Trinajstić information content (AvgIpc) is 3.73. The number of aliphatic hydroxyl groups is 2. The summed E-state index contributed by atoms with van der Waals surface area (Å²) in [5.74, 6) is -2.42. The normalized spacial score (nSPS) is 23.1. The molecule has 1 aliphatic heterocycles. The lowest BCUT2D eigenvalue weighted by molar-refractivity contribution is -0.230. The highest BCUT2D eigenvalue weighted by Crippen LogP contribution is 2.42. The van der Waals surface area contributed by atoms with Crippen molar-refractivity contribution in [1.82, 2.24) is 34.5 Å². The molecule has 5 aromatic rings. The number of hydrogen-bond donors (Lipinski definition) is 2. The van der Waals surface area contributed by atoms with Gasteiger partial charge in [0, 0.05) is 35.1 Å². The SMILES string of the molecule is CO[C@H]1C(C(C)O)O[C@@H](c2nc(C)nn2-c2cc(Br)cnc2C(F)(F)F)C(O)C1n1cc(-c2cc3scnc3c(F)c2F)cn1. The second kappa shape index (κ2) is 11.7. The first-order valence-electron chi connectivity index (χ1n) is 13.3. The fourth-order valence-electron chi connectivity index (χ4n) is 5.47. The fourth-order valence-corrected chi connectivity index (χ4v) is 6.50. The number of alkyl halides is 3. The summed E-state index contributed by atoms with van der Waals surface area (Å²) in [6.07, 6.45) is -7.77. The lowest BCUT2D eigenvalue weighted by atomic mass is 9.89. The summed E-state index contributed by atoms with van der Waals surface area (Å²) in [7, 11) is 1.32. The van der Waals surface area contributed by atoms with Gasteiger partial charge in [0.25, 0.3) is 0 Å². The number of benzene rings is 1. The summed E-state index contributed by atoms with van der Waals surface area (Å²) < 4.78 is 86.3. The van der Waals surface area contributed by atoms with Gasteiger partial charge in [-0.25, -0.2) is 28.4 Å². The number of pyridine rings is 1. The van der Waals surface area contributed by atoms with Crippen LogP contribution in [0, 0.1) is 18.6 Å². The van der Waals surface area contributed by atoms with Crippen molar-refractivity contribution < 1.29 is 41.6 Å². The van der Waals surface area contributed by atoms with Gasteiger partial charge >= 0.3 is 6.18 Å². The molecule has 4 unspecified atom stereocenters. The van der Waals surface area contributed by atoms with Gasteiger partial charge in [0.2, 0.25) is 0 Å². The van der Waals surface area contributed by atoms with Crippen LogP contribution in [0.5, 0.6) is 0 Å². The van der Waals surface area contributed by atoms with Crippen LogP contribution in [-0.2, 0) is 15.7 Å². The third kappa shape index (κ3) is 5.52. The van der Waals surface area contributed by atoms with Crippen molar-refractivity contribution in [2.24, 2.45) is 0 Å². The molecule has 45 heavy (non-hydrogen) atoms. The molecule has 6 atom stereocenters. The molecule has 4 aromatic heterocycles. The van der Waals surface area contributed by atoms with Crippen molar-refractivity contribution in [1.29, 1.82) is 0 Å². The number of fused-ring (bicyclic) bond motifs is 1. The maximum Gasteiger partial charge on any atom is 0.435 e. The number of thiazole rings is 1. The number of aryl methyl sites for hydroxylation is 1. The Labute approximate surface area is 263 Å². The smallest absolute Gasteiger partial charge is 0.391 e. The average molecular weight is 716 g/mol. The second-order valence-electron chi connectivity index (χ2n) is 10.4. The minimum absolute atomic E-state index is 0.0604. The number of ether oxygens (including phenoxy) is 2. The van der Waals surface area contributed by atoms with Gasteiger partial charge in [-0.05, 0) is 41.9 Å². The molecule has 238 valence electrons. The Kier molecular flexibility index (Phi) is 8.23. The van der Waals surface area contributed by atoms with Crippen molar-refractivity contribution in [3.05, 3.63) is 69.7 Å². The molecule has 1 fully saturated rings. The highest BCUT2D eigenvalue weighted by atomic mass is 79.9. The molecule has 0 radical (unpaired) electrons. The van der Waals surface area contributed by atoms with Crippen molar-refractivity contribution in [2.45, 2.75) is 56.6 Å². The monoisotopic (exact) mass is 715 g/mol. The van der Waals surface area contributed by atoms with E-state index in [9.17, 15) is 27.8 Å². The zero-order valence-corrected chi connectivity index (χ0v) is 25.8. The van der Waals surface area contributed by atoms with Gasteiger partial charge in [-0.1, -0.05) is 0 Å². The Balaban J connectivity index is 1.46. The fraction of sp³-hybridized carbons (Fsp3) is 0.370. The van der Waals surface area contributed by atoms with E-state index in [1.807, 2.05) is 0 Å². The van der Waals surface area contributed by atoms with Gasteiger partial charge in [-0.15, -0.1) is 11.3 Å². The van der Waals surface area contributed by atoms with E-state index in [1.54, 1.807) is 0 Å². The maximum atomic E-state index is 15.1. The number of aromatic nitrogens is 7. The van der Waals surface area contributed by atoms with Crippen molar-refractivity contribution in [3.63, 3.8) is 0 Å². The standard InChI is InChI=1S/C27H23BrF5N7O4S/c1-10(41)22-23(43-3)20(39-8-12(6-36-39)14-5-16-19(35-9-45-16)18(30)17(14)29)21(42)24(44-22)26-37-11(2)38-40(26)15-4-13(28)7-34-25(15)27(31,32)33/h4-10,20-24,41-42H,1-3H3/t10?,20?,21?,22?,23-,24-/m1/s1. The number of methoxy groups -OCH3 is 1. The Morgan fingerprint density at radius 3 is 2.60 bits per heavy atom. The minimum atomic E-state index is -4.87. The number of halogens is 6. The minimum Gasteiger partial charge on any atom is -0.391 e. The van der Waals surface area contributed by atoms with Crippen LogP contribution in [0.3, 0.4) is 0 Å². The molecule has 11 nitrogen and oxygen atoms in total. The van der Waals surface area contributed by atoms with Gasteiger partial charge in [0.05, 0.1) is 28.2 Å². The van der Waals surface area contributed by atoms with E-state index in [1.165, 1.54) is 49.6 Å². The Hall–Kier alpha value is -3.42. The molecule has 1 saturated heterocycles. The lowest BCUT2D eigenvalue weighted by Gasteiger charge is -2.45. The molecule has 0 bridgehead atoms. The molecule has 0 saturated carbocycles. The molecular weight excluding hydrogens is 693 g/mol. The summed E-state index contributed by atoms with van der Waals surface area (Å²) in [6.45, 7) is 2.86. The van der Waals surface area contributed by atoms with Crippen LogP contribution in [0.15, 0.2) is 40.7 Å². The summed E-state index contributed by atoms with van der Waals surface area (Å²) >= 11 is 4.26. The first kappa shape index (κ1) is 31.6. The predicted molar refractivity (Wildman–Crippen MR) is 152 cm³/mol.